The third-order valence-corrected chi connectivity index (χ3v) is 4.24. The van der Waals surface area contributed by atoms with E-state index in [-0.39, 0.29) is 23.6 Å². The minimum absolute atomic E-state index is 0.192. The van der Waals surface area contributed by atoms with Gasteiger partial charge >= 0.3 is 0 Å². The lowest BCUT2D eigenvalue weighted by atomic mass is 10.1. The Bertz CT molecular complexity index is 946. The number of hydrogen-bond acceptors (Lipinski definition) is 4. The first-order valence-electron chi connectivity index (χ1n) is 7.72. The highest BCUT2D eigenvalue weighted by atomic mass is 16.5. The molecule has 1 saturated heterocycles. The predicted molar refractivity (Wildman–Crippen MR) is 87.9 cm³/mol. The smallest absolute Gasteiger partial charge is 0.267 e. The van der Waals surface area contributed by atoms with Crippen LogP contribution in [0.4, 0.5) is 0 Å². The van der Waals surface area contributed by atoms with E-state index in [1.165, 1.54) is 10.7 Å². The number of amides is 1. The molecule has 0 bridgehead atoms. The molecule has 0 radical (unpaired) electrons. The first-order chi connectivity index (χ1) is 11.7. The van der Waals surface area contributed by atoms with Crippen molar-refractivity contribution in [3.05, 3.63) is 64.7 Å². The fourth-order valence-electron chi connectivity index (χ4n) is 2.99. The number of benzene rings is 1. The van der Waals surface area contributed by atoms with Crippen molar-refractivity contribution < 1.29 is 9.53 Å². The van der Waals surface area contributed by atoms with Crippen molar-refractivity contribution in [2.24, 2.45) is 0 Å². The second-order valence-electron chi connectivity index (χ2n) is 5.77. The number of carbonyl (C=O) groups is 1. The number of hydrogen-bond donors (Lipinski definition) is 2. The first kappa shape index (κ1) is 14.6. The van der Waals surface area contributed by atoms with E-state index in [1.54, 1.807) is 18.3 Å². The fourth-order valence-corrected chi connectivity index (χ4v) is 2.99. The van der Waals surface area contributed by atoms with Gasteiger partial charge in [-0.15, -0.1) is 0 Å². The molecule has 1 fully saturated rings. The molecular weight excluding hydrogens is 308 g/mol. The number of nitrogens with one attached hydrogen (secondary N) is 2. The second kappa shape index (κ2) is 5.93. The first-order valence-corrected chi connectivity index (χ1v) is 7.72. The molecule has 24 heavy (non-hydrogen) atoms. The highest BCUT2D eigenvalue weighted by molar-refractivity contribution is 5.98. The average molecular weight is 324 g/mol. The zero-order valence-electron chi connectivity index (χ0n) is 12.8. The molecule has 2 atom stereocenters. The minimum Gasteiger partial charge on any atom is -0.377 e. The summed E-state index contributed by atoms with van der Waals surface area (Å²) < 4.78 is 6.82. The molecule has 2 unspecified atom stereocenters. The summed E-state index contributed by atoms with van der Waals surface area (Å²) in [4.78, 5) is 27.6. The van der Waals surface area contributed by atoms with E-state index in [2.05, 4.69) is 15.4 Å². The SMILES string of the molecule is O=C(NC1COCC1n1ncccc1=O)c1ccc2[nH]ccc2c1. The number of nitrogens with zero attached hydrogens (tertiary/aromatic N) is 2. The number of rotatable bonds is 3. The molecule has 1 amide bonds. The summed E-state index contributed by atoms with van der Waals surface area (Å²) in [7, 11) is 0. The van der Waals surface area contributed by atoms with Gasteiger partial charge in [0.05, 0.1) is 19.3 Å². The lowest BCUT2D eigenvalue weighted by molar-refractivity contribution is 0.0925. The van der Waals surface area contributed by atoms with Crippen molar-refractivity contribution in [1.82, 2.24) is 20.1 Å². The molecule has 122 valence electrons. The number of carbonyl (C=O) groups excluding carboxylic acids is 1. The molecule has 1 aromatic carbocycles. The lowest BCUT2D eigenvalue weighted by Crippen LogP contribution is -2.43. The van der Waals surface area contributed by atoms with Gasteiger partial charge in [0.2, 0.25) is 0 Å². The minimum atomic E-state index is -0.307. The zero-order chi connectivity index (χ0) is 16.5. The Hall–Kier alpha value is -2.93. The molecular formula is C17H16N4O3. The van der Waals surface area contributed by atoms with Gasteiger partial charge in [0.1, 0.15) is 6.04 Å². The summed E-state index contributed by atoms with van der Waals surface area (Å²) in [5.74, 6) is -0.192. The highest BCUT2D eigenvalue weighted by Gasteiger charge is 2.32. The Balaban J connectivity index is 1.56. The van der Waals surface area contributed by atoms with E-state index >= 15 is 0 Å². The molecule has 2 aromatic heterocycles. The Kier molecular flexibility index (Phi) is 3.62. The van der Waals surface area contributed by atoms with Crippen LogP contribution < -0.4 is 10.9 Å². The van der Waals surface area contributed by atoms with E-state index in [9.17, 15) is 9.59 Å². The Morgan fingerprint density at radius 3 is 3.08 bits per heavy atom. The number of H-pyrrole nitrogens is 1. The summed E-state index contributed by atoms with van der Waals surface area (Å²) in [6.45, 7) is 0.699. The summed E-state index contributed by atoms with van der Waals surface area (Å²) in [5, 5.41) is 8.02. The van der Waals surface area contributed by atoms with Crippen LogP contribution in [-0.4, -0.2) is 39.9 Å². The van der Waals surface area contributed by atoms with E-state index < -0.39 is 0 Å². The highest BCUT2D eigenvalue weighted by Crippen LogP contribution is 2.19. The third kappa shape index (κ3) is 2.59. The molecule has 1 aliphatic rings. The molecule has 0 spiro atoms. The average Bonchev–Trinajstić information content (AvgIpc) is 3.23. The fraction of sp³-hybridized carbons (Fsp3) is 0.235. The number of ether oxygens (including phenoxy) is 1. The molecule has 3 aromatic rings. The molecule has 7 nitrogen and oxygen atoms in total. The summed E-state index contributed by atoms with van der Waals surface area (Å²) in [6.07, 6.45) is 3.39. The van der Waals surface area contributed by atoms with Crippen LogP contribution in [0, 0.1) is 0 Å². The van der Waals surface area contributed by atoms with Gasteiger partial charge in [0, 0.05) is 34.9 Å². The van der Waals surface area contributed by atoms with E-state index in [1.807, 2.05) is 24.4 Å². The van der Waals surface area contributed by atoms with Gasteiger partial charge in [-0.05, 0) is 30.3 Å². The van der Waals surface area contributed by atoms with Crippen LogP contribution in [0.25, 0.3) is 10.9 Å². The number of aromatic amines is 1. The van der Waals surface area contributed by atoms with Gasteiger partial charge < -0.3 is 15.0 Å². The van der Waals surface area contributed by atoms with Crippen LogP contribution in [0.1, 0.15) is 16.4 Å². The molecule has 0 aliphatic carbocycles. The van der Waals surface area contributed by atoms with E-state index in [0.29, 0.717) is 18.8 Å². The summed E-state index contributed by atoms with van der Waals surface area (Å²) in [5.41, 5.74) is 1.34. The van der Waals surface area contributed by atoms with Gasteiger partial charge in [0.25, 0.3) is 11.5 Å². The number of fused-ring (bicyclic) bond motifs is 1. The number of aromatic nitrogens is 3. The van der Waals surface area contributed by atoms with Gasteiger partial charge in [-0.25, -0.2) is 4.68 Å². The van der Waals surface area contributed by atoms with Gasteiger partial charge in [-0.2, -0.15) is 5.10 Å². The van der Waals surface area contributed by atoms with Crippen molar-refractivity contribution in [2.75, 3.05) is 13.2 Å². The van der Waals surface area contributed by atoms with E-state index in [0.717, 1.165) is 10.9 Å². The van der Waals surface area contributed by atoms with Crippen LogP contribution in [-0.2, 0) is 4.74 Å². The standard InChI is InChI=1S/C17H16N4O3/c22-16-2-1-6-19-21(16)15-10-24-9-14(15)20-17(23)12-3-4-13-11(8-12)5-7-18-13/h1-8,14-15,18H,9-10H2,(H,20,23). The van der Waals surface area contributed by atoms with Crippen molar-refractivity contribution in [3.8, 4) is 0 Å². The van der Waals surface area contributed by atoms with Crippen molar-refractivity contribution in [3.63, 3.8) is 0 Å². The van der Waals surface area contributed by atoms with Crippen LogP contribution in [0.15, 0.2) is 53.6 Å². The molecule has 3 heterocycles. The van der Waals surface area contributed by atoms with Gasteiger partial charge in [0.15, 0.2) is 0 Å². The van der Waals surface area contributed by atoms with Gasteiger partial charge in [-0.1, -0.05) is 0 Å². The summed E-state index contributed by atoms with van der Waals surface area (Å²) >= 11 is 0. The molecule has 1 aliphatic heterocycles. The summed E-state index contributed by atoms with van der Waals surface area (Å²) in [6, 6.07) is 9.83. The molecule has 7 heteroatoms. The maximum atomic E-state index is 12.5. The molecule has 2 N–H and O–H groups in total. The van der Waals surface area contributed by atoms with Crippen molar-refractivity contribution >= 4 is 16.8 Å². The Morgan fingerprint density at radius 1 is 1.29 bits per heavy atom. The van der Waals surface area contributed by atoms with E-state index in [4.69, 9.17) is 4.74 Å². The lowest BCUT2D eigenvalue weighted by Gasteiger charge is -2.20. The maximum absolute atomic E-state index is 12.5. The molecule has 4 rings (SSSR count). The monoisotopic (exact) mass is 324 g/mol. The maximum Gasteiger partial charge on any atom is 0.267 e. The largest absolute Gasteiger partial charge is 0.377 e. The van der Waals surface area contributed by atoms with Gasteiger partial charge in [-0.3, -0.25) is 9.59 Å². The second-order valence-corrected chi connectivity index (χ2v) is 5.77. The zero-order valence-corrected chi connectivity index (χ0v) is 12.8. The topological polar surface area (TPSA) is 89.0 Å². The Morgan fingerprint density at radius 2 is 2.21 bits per heavy atom. The van der Waals surface area contributed by atoms with Crippen molar-refractivity contribution in [2.45, 2.75) is 12.1 Å². The van der Waals surface area contributed by atoms with Crippen LogP contribution in [0.5, 0.6) is 0 Å². The van der Waals surface area contributed by atoms with Crippen LogP contribution in [0.3, 0.4) is 0 Å². The van der Waals surface area contributed by atoms with Crippen LogP contribution in [0.2, 0.25) is 0 Å². The normalized spacial score (nSPS) is 20.3. The Labute approximate surface area is 137 Å². The van der Waals surface area contributed by atoms with Crippen molar-refractivity contribution in [1.29, 1.82) is 0 Å². The third-order valence-electron chi connectivity index (χ3n) is 4.24. The predicted octanol–water partition coefficient (Wildman–Crippen LogP) is 1.09. The van der Waals surface area contributed by atoms with Crippen LogP contribution >= 0.6 is 0 Å². The molecule has 0 saturated carbocycles. The quantitative estimate of drug-likeness (QED) is 0.755.